The lowest BCUT2D eigenvalue weighted by atomic mass is 9.80. The molecule has 3 heteroatoms. The summed E-state index contributed by atoms with van der Waals surface area (Å²) >= 11 is 1.75. The van der Waals surface area contributed by atoms with Gasteiger partial charge in [0.05, 0.1) is 12.7 Å². The van der Waals surface area contributed by atoms with E-state index in [2.05, 4.69) is 27.0 Å². The van der Waals surface area contributed by atoms with Gasteiger partial charge in [-0.3, -0.25) is 0 Å². The van der Waals surface area contributed by atoms with E-state index < -0.39 is 0 Å². The molecule has 0 amide bonds. The molecule has 2 nitrogen and oxygen atoms in total. The topological polar surface area (TPSA) is 29.5 Å². The molecule has 78 valence electrons. The molecule has 0 bridgehead atoms. The molecule has 0 saturated carbocycles. The first-order valence-electron chi connectivity index (χ1n) is 4.91. The highest BCUT2D eigenvalue weighted by molar-refractivity contribution is 7.99. The number of rotatable bonds is 2. The van der Waals surface area contributed by atoms with E-state index in [0.717, 1.165) is 0 Å². The lowest BCUT2D eigenvalue weighted by molar-refractivity contribution is -0.112. The van der Waals surface area contributed by atoms with Crippen LogP contribution in [0.3, 0.4) is 0 Å². The lowest BCUT2D eigenvalue weighted by Gasteiger charge is -2.42. The third-order valence-electron chi connectivity index (χ3n) is 3.40. The van der Waals surface area contributed by atoms with Crippen molar-refractivity contribution < 1.29 is 9.84 Å². The highest BCUT2D eigenvalue weighted by Crippen LogP contribution is 2.38. The van der Waals surface area contributed by atoms with Gasteiger partial charge in [-0.1, -0.05) is 20.8 Å². The molecule has 1 aliphatic rings. The summed E-state index contributed by atoms with van der Waals surface area (Å²) in [4.78, 5) is 0. The van der Waals surface area contributed by atoms with E-state index in [1.165, 1.54) is 0 Å². The summed E-state index contributed by atoms with van der Waals surface area (Å²) < 4.78 is 5.79. The molecular formula is C10H20O2S. The largest absolute Gasteiger partial charge is 0.394 e. The first kappa shape index (κ1) is 11.3. The van der Waals surface area contributed by atoms with Crippen LogP contribution in [-0.2, 0) is 4.74 Å². The Bertz CT molecular complexity index is 143. The zero-order valence-corrected chi connectivity index (χ0v) is 9.67. The van der Waals surface area contributed by atoms with Crippen LogP contribution >= 0.6 is 11.8 Å². The molecule has 0 aromatic heterocycles. The Labute approximate surface area is 85.0 Å². The SMILES string of the molecule is CS[C@@H]1OC(CO)[C@H](C)[C@H](C)C1C. The van der Waals surface area contributed by atoms with Crippen LogP contribution in [0.2, 0.25) is 0 Å². The highest BCUT2D eigenvalue weighted by Gasteiger charge is 2.38. The summed E-state index contributed by atoms with van der Waals surface area (Å²) in [6.45, 7) is 6.80. The second-order valence-electron chi connectivity index (χ2n) is 4.04. The second kappa shape index (κ2) is 4.67. The van der Waals surface area contributed by atoms with Crippen molar-refractivity contribution in [3.05, 3.63) is 0 Å². The summed E-state index contributed by atoms with van der Waals surface area (Å²) in [5, 5.41) is 9.14. The van der Waals surface area contributed by atoms with Crippen molar-refractivity contribution in [3.63, 3.8) is 0 Å². The number of hydrogen-bond donors (Lipinski definition) is 1. The zero-order chi connectivity index (χ0) is 10.0. The molecule has 13 heavy (non-hydrogen) atoms. The Kier molecular flexibility index (Phi) is 4.07. The van der Waals surface area contributed by atoms with Gasteiger partial charge in [-0.15, -0.1) is 11.8 Å². The molecule has 5 atom stereocenters. The monoisotopic (exact) mass is 204 g/mol. The van der Waals surface area contributed by atoms with Gasteiger partial charge in [0.25, 0.3) is 0 Å². The molecule has 0 radical (unpaired) electrons. The minimum atomic E-state index is 0.0312. The fourth-order valence-electron chi connectivity index (χ4n) is 1.96. The zero-order valence-electron chi connectivity index (χ0n) is 8.86. The Hall–Kier alpha value is 0.270. The van der Waals surface area contributed by atoms with Crippen molar-refractivity contribution in [1.29, 1.82) is 0 Å². The molecule has 1 N–H and O–H groups in total. The van der Waals surface area contributed by atoms with E-state index >= 15 is 0 Å². The van der Waals surface area contributed by atoms with Crippen molar-refractivity contribution in [2.24, 2.45) is 17.8 Å². The van der Waals surface area contributed by atoms with Crippen molar-refractivity contribution >= 4 is 11.8 Å². The first-order valence-corrected chi connectivity index (χ1v) is 6.19. The predicted molar refractivity (Wildman–Crippen MR) is 56.8 cm³/mol. The maximum absolute atomic E-state index is 9.14. The molecule has 0 aromatic rings. The molecular weight excluding hydrogens is 184 g/mol. The van der Waals surface area contributed by atoms with E-state index in [0.29, 0.717) is 17.8 Å². The van der Waals surface area contributed by atoms with Gasteiger partial charge in [0.15, 0.2) is 0 Å². The fraction of sp³-hybridized carbons (Fsp3) is 1.00. The fourth-order valence-corrected chi connectivity index (χ4v) is 2.90. The number of ether oxygens (including phenoxy) is 1. The van der Waals surface area contributed by atoms with Gasteiger partial charge in [-0.2, -0.15) is 0 Å². The first-order chi connectivity index (χ1) is 6.11. The minimum absolute atomic E-state index is 0.0312. The molecule has 0 aliphatic carbocycles. The Morgan fingerprint density at radius 2 is 1.77 bits per heavy atom. The molecule has 1 rings (SSSR count). The molecule has 0 spiro atoms. The number of aliphatic hydroxyl groups is 1. The van der Waals surface area contributed by atoms with Crippen molar-refractivity contribution in [2.75, 3.05) is 12.9 Å². The minimum Gasteiger partial charge on any atom is -0.394 e. The number of aliphatic hydroxyl groups excluding tert-OH is 1. The highest BCUT2D eigenvalue weighted by atomic mass is 32.2. The van der Waals surface area contributed by atoms with E-state index in [-0.39, 0.29) is 18.1 Å². The Balaban J connectivity index is 2.66. The second-order valence-corrected chi connectivity index (χ2v) is 4.97. The van der Waals surface area contributed by atoms with Crippen molar-refractivity contribution in [3.8, 4) is 0 Å². The van der Waals surface area contributed by atoms with E-state index in [1.54, 1.807) is 11.8 Å². The third kappa shape index (κ3) is 2.20. The number of thioether (sulfide) groups is 1. The Morgan fingerprint density at radius 3 is 2.23 bits per heavy atom. The van der Waals surface area contributed by atoms with Gasteiger partial charge in [0.1, 0.15) is 5.44 Å². The maximum atomic E-state index is 9.14. The summed E-state index contributed by atoms with van der Waals surface area (Å²) in [7, 11) is 0. The Morgan fingerprint density at radius 1 is 1.15 bits per heavy atom. The van der Waals surface area contributed by atoms with Crippen molar-refractivity contribution in [1.82, 2.24) is 0 Å². The van der Waals surface area contributed by atoms with Crippen molar-refractivity contribution in [2.45, 2.75) is 32.3 Å². The maximum Gasteiger partial charge on any atom is 0.106 e. The molecule has 1 heterocycles. The lowest BCUT2D eigenvalue weighted by Crippen LogP contribution is -2.44. The van der Waals surface area contributed by atoms with Crippen LogP contribution in [0.4, 0.5) is 0 Å². The molecule has 1 saturated heterocycles. The van der Waals surface area contributed by atoms with Crippen LogP contribution in [0.15, 0.2) is 0 Å². The summed E-state index contributed by atoms with van der Waals surface area (Å²) in [6.07, 6.45) is 2.10. The normalized spacial score (nSPS) is 46.4. The van der Waals surface area contributed by atoms with Crippen LogP contribution < -0.4 is 0 Å². The molecule has 2 unspecified atom stereocenters. The van der Waals surface area contributed by atoms with Gasteiger partial charge < -0.3 is 9.84 Å². The summed E-state index contributed by atoms with van der Waals surface area (Å²) in [5.41, 5.74) is 0.253. The van der Waals surface area contributed by atoms with E-state index in [1.807, 2.05) is 0 Å². The standard InChI is InChI=1S/C10H20O2S/c1-6-7(2)9(5-11)12-10(13-4)8(6)3/h6-11H,5H2,1-4H3/t6-,7+,8?,9?,10-/m0/s1. The smallest absolute Gasteiger partial charge is 0.106 e. The summed E-state index contributed by atoms with van der Waals surface area (Å²) in [5.74, 6) is 1.67. The predicted octanol–water partition coefficient (Wildman–Crippen LogP) is 1.97. The average Bonchev–Trinajstić information content (AvgIpc) is 2.15. The van der Waals surface area contributed by atoms with Gasteiger partial charge in [-0.05, 0) is 24.0 Å². The van der Waals surface area contributed by atoms with E-state index in [4.69, 9.17) is 9.84 Å². The van der Waals surface area contributed by atoms with Crippen LogP contribution in [0.1, 0.15) is 20.8 Å². The molecule has 1 fully saturated rings. The summed E-state index contributed by atoms with van der Waals surface area (Å²) in [6, 6.07) is 0. The average molecular weight is 204 g/mol. The van der Waals surface area contributed by atoms with Gasteiger partial charge in [-0.25, -0.2) is 0 Å². The quantitative estimate of drug-likeness (QED) is 0.746. The van der Waals surface area contributed by atoms with Crippen LogP contribution in [-0.4, -0.2) is 29.5 Å². The molecule has 0 aromatic carbocycles. The van der Waals surface area contributed by atoms with Gasteiger partial charge in [0.2, 0.25) is 0 Å². The van der Waals surface area contributed by atoms with Gasteiger partial charge in [0, 0.05) is 0 Å². The van der Waals surface area contributed by atoms with Gasteiger partial charge >= 0.3 is 0 Å². The molecule has 1 aliphatic heterocycles. The van der Waals surface area contributed by atoms with Crippen LogP contribution in [0.25, 0.3) is 0 Å². The third-order valence-corrected chi connectivity index (χ3v) is 4.40. The van der Waals surface area contributed by atoms with Crippen LogP contribution in [0.5, 0.6) is 0 Å². The van der Waals surface area contributed by atoms with Crippen LogP contribution in [0, 0.1) is 17.8 Å². The number of hydrogen-bond acceptors (Lipinski definition) is 3. The van der Waals surface area contributed by atoms with E-state index in [9.17, 15) is 0 Å².